The number of rotatable bonds is 7. The van der Waals surface area contributed by atoms with Crippen molar-refractivity contribution in [1.29, 1.82) is 0 Å². The summed E-state index contributed by atoms with van der Waals surface area (Å²) in [5.74, 6) is -0.639. The molecule has 0 aromatic heterocycles. The largest absolute Gasteiger partial charge is 0.508 e. The van der Waals surface area contributed by atoms with E-state index in [2.05, 4.69) is 13.8 Å². The van der Waals surface area contributed by atoms with Crippen molar-refractivity contribution in [3.63, 3.8) is 0 Å². The molecule has 4 aliphatic carbocycles. The van der Waals surface area contributed by atoms with Crippen LogP contribution in [0.4, 0.5) is 0 Å². The van der Waals surface area contributed by atoms with E-state index in [1.807, 2.05) is 4.31 Å². The predicted molar refractivity (Wildman–Crippen MR) is 139 cm³/mol. The Morgan fingerprint density at radius 1 is 0.889 bits per heavy atom. The van der Waals surface area contributed by atoms with Crippen LogP contribution in [0.3, 0.4) is 0 Å². The van der Waals surface area contributed by atoms with Gasteiger partial charge in [-0.05, 0) is 56.3 Å². The summed E-state index contributed by atoms with van der Waals surface area (Å²) in [4.78, 5) is 0. The predicted octanol–water partition coefficient (Wildman–Crippen LogP) is 5.67. The fourth-order valence-electron chi connectivity index (χ4n) is 8.18. The standard InChI is InChI=1S/C28H43NO6S/c1-27(2)19-13-14-28(27,25(15-19)35-26-23(31)16-22(30)17-24(26)32)18-36(33,34)29(20-9-5-3-6-10-20)21-11-7-4-8-12-21/h16-17,19-21,25,30-32H,3-15,18H2,1-2H3. The van der Waals surface area contributed by atoms with Gasteiger partial charge in [0.15, 0.2) is 11.5 Å². The summed E-state index contributed by atoms with van der Waals surface area (Å²) in [6, 6.07) is 2.47. The Kier molecular flexibility index (Phi) is 6.90. The molecule has 1 aromatic carbocycles. The van der Waals surface area contributed by atoms with Gasteiger partial charge in [-0.15, -0.1) is 0 Å². The lowest BCUT2D eigenvalue weighted by molar-refractivity contribution is 0.0277. The van der Waals surface area contributed by atoms with Crippen LogP contribution in [0.1, 0.15) is 97.3 Å². The van der Waals surface area contributed by atoms with Gasteiger partial charge < -0.3 is 20.1 Å². The molecular weight excluding hydrogens is 478 g/mol. The summed E-state index contributed by atoms with van der Waals surface area (Å²) in [6.07, 6.45) is 12.5. The minimum Gasteiger partial charge on any atom is -0.508 e. The number of nitrogens with zero attached hydrogens (tertiary/aromatic N) is 1. The Bertz CT molecular complexity index is 1020. The number of benzene rings is 1. The monoisotopic (exact) mass is 521 g/mol. The molecule has 0 aliphatic heterocycles. The molecule has 0 amide bonds. The number of sulfonamides is 1. The fraction of sp³-hybridized carbons (Fsp3) is 0.786. The number of fused-ring (bicyclic) bond motifs is 2. The SMILES string of the molecule is CC1(C)C2CCC1(CS(=O)(=O)N(C1CCCCC1)C1CCCCC1)C(Oc1c(O)cc(O)cc1O)C2. The molecule has 36 heavy (non-hydrogen) atoms. The van der Waals surface area contributed by atoms with Crippen LogP contribution in [0.2, 0.25) is 0 Å². The molecule has 4 aliphatic rings. The van der Waals surface area contributed by atoms with E-state index in [1.54, 1.807) is 0 Å². The second-order valence-electron chi connectivity index (χ2n) is 12.4. The van der Waals surface area contributed by atoms with Crippen molar-refractivity contribution >= 4 is 10.0 Å². The Hall–Kier alpha value is -1.67. The van der Waals surface area contributed by atoms with Crippen LogP contribution >= 0.6 is 0 Å². The van der Waals surface area contributed by atoms with Gasteiger partial charge in [0.1, 0.15) is 11.9 Å². The molecule has 3 atom stereocenters. The van der Waals surface area contributed by atoms with E-state index in [0.717, 1.165) is 76.3 Å². The zero-order valence-electron chi connectivity index (χ0n) is 21.8. The maximum Gasteiger partial charge on any atom is 0.215 e. The highest BCUT2D eigenvalue weighted by Crippen LogP contribution is 2.67. The maximum absolute atomic E-state index is 14.5. The number of hydrogen-bond acceptors (Lipinski definition) is 6. The van der Waals surface area contributed by atoms with E-state index in [-0.39, 0.29) is 46.2 Å². The highest BCUT2D eigenvalue weighted by Gasteiger charge is 2.67. The molecule has 3 unspecified atom stereocenters. The molecule has 0 saturated heterocycles. The van der Waals surface area contributed by atoms with E-state index in [9.17, 15) is 23.7 Å². The highest BCUT2D eigenvalue weighted by atomic mass is 32.2. The molecule has 1 aromatic rings. The number of hydrogen-bond donors (Lipinski definition) is 3. The van der Waals surface area contributed by atoms with Crippen molar-refractivity contribution in [3.8, 4) is 23.0 Å². The summed E-state index contributed by atoms with van der Waals surface area (Å²) < 4.78 is 37.2. The number of ether oxygens (including phenoxy) is 1. The summed E-state index contributed by atoms with van der Waals surface area (Å²) in [7, 11) is -3.58. The second-order valence-corrected chi connectivity index (χ2v) is 14.3. The van der Waals surface area contributed by atoms with Crippen LogP contribution in [0, 0.1) is 16.7 Å². The topological polar surface area (TPSA) is 107 Å². The van der Waals surface area contributed by atoms with Gasteiger partial charge in [-0.1, -0.05) is 52.4 Å². The minimum atomic E-state index is -3.58. The summed E-state index contributed by atoms with van der Waals surface area (Å²) in [5.41, 5.74) is -0.869. The number of phenols is 3. The molecule has 4 fully saturated rings. The van der Waals surface area contributed by atoms with Crippen LogP contribution in [0.25, 0.3) is 0 Å². The van der Waals surface area contributed by atoms with Crippen LogP contribution in [-0.2, 0) is 10.0 Å². The normalized spacial score (nSPS) is 31.2. The van der Waals surface area contributed by atoms with E-state index in [1.165, 1.54) is 12.8 Å². The highest BCUT2D eigenvalue weighted by molar-refractivity contribution is 7.89. The first-order valence-corrected chi connectivity index (χ1v) is 15.6. The van der Waals surface area contributed by atoms with Crippen LogP contribution in [0.15, 0.2) is 12.1 Å². The smallest absolute Gasteiger partial charge is 0.215 e. The van der Waals surface area contributed by atoms with E-state index in [0.29, 0.717) is 12.3 Å². The minimum absolute atomic E-state index is 0.0424. The summed E-state index contributed by atoms with van der Waals surface area (Å²) in [5, 5.41) is 30.5. The van der Waals surface area contributed by atoms with Gasteiger partial charge in [-0.3, -0.25) is 0 Å². The molecule has 5 rings (SSSR count). The number of phenolic OH excluding ortho intramolecular Hbond substituents is 3. The van der Waals surface area contributed by atoms with Crippen LogP contribution in [-0.4, -0.2) is 52.0 Å². The van der Waals surface area contributed by atoms with E-state index < -0.39 is 21.5 Å². The third kappa shape index (κ3) is 4.36. The van der Waals surface area contributed by atoms with Crippen LogP contribution in [0.5, 0.6) is 23.0 Å². The fourth-order valence-corrected chi connectivity index (χ4v) is 11.0. The van der Waals surface area contributed by atoms with Gasteiger partial charge >= 0.3 is 0 Å². The third-order valence-corrected chi connectivity index (χ3v) is 12.4. The first kappa shape index (κ1) is 26.0. The Morgan fingerprint density at radius 2 is 1.42 bits per heavy atom. The van der Waals surface area contributed by atoms with Gasteiger partial charge in [-0.2, -0.15) is 4.31 Å². The Labute approximate surface area is 215 Å². The van der Waals surface area contributed by atoms with Gasteiger partial charge in [0.25, 0.3) is 0 Å². The maximum atomic E-state index is 14.5. The zero-order valence-corrected chi connectivity index (χ0v) is 22.6. The number of aromatic hydroxyl groups is 3. The Balaban J connectivity index is 1.48. The van der Waals surface area contributed by atoms with Crippen molar-refractivity contribution in [2.24, 2.45) is 16.7 Å². The summed E-state index contributed by atoms with van der Waals surface area (Å²) >= 11 is 0. The molecule has 8 heteroatoms. The molecule has 0 heterocycles. The van der Waals surface area contributed by atoms with E-state index in [4.69, 9.17) is 4.74 Å². The lowest BCUT2D eigenvalue weighted by Gasteiger charge is -2.46. The van der Waals surface area contributed by atoms with Crippen LogP contribution < -0.4 is 4.74 Å². The molecule has 3 N–H and O–H groups in total. The van der Waals surface area contributed by atoms with Crippen molar-refractivity contribution in [2.75, 3.05) is 5.75 Å². The van der Waals surface area contributed by atoms with Crippen molar-refractivity contribution < 1.29 is 28.5 Å². The van der Waals surface area contributed by atoms with Gasteiger partial charge in [-0.25, -0.2) is 8.42 Å². The molecular formula is C28H43NO6S. The summed E-state index contributed by atoms with van der Waals surface area (Å²) in [6.45, 7) is 4.34. The molecule has 2 bridgehead atoms. The van der Waals surface area contributed by atoms with Gasteiger partial charge in [0.05, 0.1) is 5.75 Å². The van der Waals surface area contributed by atoms with Crippen molar-refractivity contribution in [2.45, 2.75) is 116 Å². The average Bonchev–Trinajstić information content (AvgIpc) is 3.17. The second kappa shape index (κ2) is 9.57. The first-order valence-electron chi connectivity index (χ1n) is 14.0. The quantitative estimate of drug-likeness (QED) is 0.426. The lowest BCUT2D eigenvalue weighted by atomic mass is 9.69. The first-order chi connectivity index (χ1) is 17.0. The van der Waals surface area contributed by atoms with Gasteiger partial charge in [0, 0.05) is 29.6 Å². The van der Waals surface area contributed by atoms with E-state index >= 15 is 0 Å². The Morgan fingerprint density at radius 3 is 1.92 bits per heavy atom. The van der Waals surface area contributed by atoms with Gasteiger partial charge in [0.2, 0.25) is 15.8 Å². The molecule has 0 spiro atoms. The lowest BCUT2D eigenvalue weighted by Crippen LogP contribution is -2.55. The third-order valence-electron chi connectivity index (χ3n) is 10.3. The van der Waals surface area contributed by atoms with Crippen molar-refractivity contribution in [3.05, 3.63) is 12.1 Å². The zero-order chi connectivity index (χ0) is 25.7. The molecule has 7 nitrogen and oxygen atoms in total. The average molecular weight is 522 g/mol. The molecule has 0 radical (unpaired) electrons. The van der Waals surface area contributed by atoms with Crippen molar-refractivity contribution in [1.82, 2.24) is 4.31 Å². The molecule has 4 saturated carbocycles. The molecule has 202 valence electrons.